The van der Waals surface area contributed by atoms with Crippen molar-refractivity contribution in [2.24, 2.45) is 11.5 Å². The molecule has 0 saturated carbocycles. The van der Waals surface area contributed by atoms with Gasteiger partial charge in [-0.25, -0.2) is 4.79 Å². The summed E-state index contributed by atoms with van der Waals surface area (Å²) in [5.74, 6) is -2.87. The lowest BCUT2D eigenvalue weighted by molar-refractivity contribution is -0.144. The molecule has 0 radical (unpaired) electrons. The molecule has 7 nitrogen and oxygen atoms in total. The molecule has 7 heteroatoms. The van der Waals surface area contributed by atoms with E-state index in [9.17, 15) is 14.4 Å². The van der Waals surface area contributed by atoms with E-state index in [1.165, 1.54) is 6.92 Å². The quantitative estimate of drug-likeness (QED) is 0.546. The van der Waals surface area contributed by atoms with Gasteiger partial charge >= 0.3 is 5.97 Å². The van der Waals surface area contributed by atoms with Crippen molar-refractivity contribution in [2.45, 2.75) is 24.9 Å². The topological polar surface area (TPSA) is 136 Å². The second kappa shape index (κ2) is 6.16. The number of carboxylic acid groups (broad SMARTS) is 1. The van der Waals surface area contributed by atoms with Gasteiger partial charge in [0.1, 0.15) is 11.6 Å². The number of carboxylic acids is 1. The number of carbonyl (C=O) groups is 3. The first-order valence-electron chi connectivity index (χ1n) is 5.91. The first-order chi connectivity index (χ1) is 9.25. The molecule has 0 aliphatic heterocycles. The first-order valence-corrected chi connectivity index (χ1v) is 5.91. The molecule has 1 aromatic carbocycles. The zero-order chi connectivity index (χ0) is 15.3. The molecule has 0 fully saturated rings. The lowest BCUT2D eigenvalue weighted by atomic mass is 9.92. The zero-order valence-corrected chi connectivity index (χ0v) is 11.0. The van der Waals surface area contributed by atoms with Gasteiger partial charge in [-0.15, -0.1) is 0 Å². The Morgan fingerprint density at radius 2 is 1.85 bits per heavy atom. The summed E-state index contributed by atoms with van der Waals surface area (Å²) >= 11 is 0. The summed E-state index contributed by atoms with van der Waals surface area (Å²) in [6, 6.07) is 7.11. The summed E-state index contributed by atoms with van der Waals surface area (Å²) < 4.78 is 0. The standard InChI is InChI=1S/C13H17N3O4/c1-13(15,8-5-3-2-4-6-8)12(20)16-9(11(18)19)7-10(14)17/h2-6,9H,7,15H2,1H3,(H2,14,17)(H,16,20)(H,18,19)/t9-,13?/m0/s1. The molecule has 2 atom stereocenters. The van der Waals surface area contributed by atoms with Crippen LogP contribution in [-0.2, 0) is 19.9 Å². The van der Waals surface area contributed by atoms with Crippen LogP contribution in [0.2, 0.25) is 0 Å². The molecule has 0 spiro atoms. The lowest BCUT2D eigenvalue weighted by Crippen LogP contribution is -2.54. The lowest BCUT2D eigenvalue weighted by Gasteiger charge is -2.26. The Bertz CT molecular complexity index is 514. The molecule has 20 heavy (non-hydrogen) atoms. The number of carbonyl (C=O) groups excluding carboxylic acids is 2. The van der Waals surface area contributed by atoms with Crippen LogP contribution in [0.5, 0.6) is 0 Å². The summed E-state index contributed by atoms with van der Waals surface area (Å²) in [7, 11) is 0. The van der Waals surface area contributed by atoms with Crippen molar-refractivity contribution in [3.63, 3.8) is 0 Å². The molecule has 1 aromatic rings. The van der Waals surface area contributed by atoms with Crippen LogP contribution in [0.15, 0.2) is 30.3 Å². The van der Waals surface area contributed by atoms with E-state index in [0.29, 0.717) is 5.56 Å². The fraction of sp³-hybridized carbons (Fsp3) is 0.308. The Morgan fingerprint density at radius 1 is 1.30 bits per heavy atom. The van der Waals surface area contributed by atoms with Gasteiger partial charge in [-0.1, -0.05) is 30.3 Å². The van der Waals surface area contributed by atoms with Crippen molar-refractivity contribution in [1.82, 2.24) is 5.32 Å². The minimum atomic E-state index is -1.41. The van der Waals surface area contributed by atoms with Gasteiger partial charge < -0.3 is 21.9 Å². The molecule has 0 saturated heterocycles. The SMILES string of the molecule is CC(N)(C(=O)N[C@@H](CC(N)=O)C(=O)O)c1ccccc1. The maximum absolute atomic E-state index is 12.1. The number of hydrogen-bond acceptors (Lipinski definition) is 4. The maximum Gasteiger partial charge on any atom is 0.326 e. The van der Waals surface area contributed by atoms with E-state index < -0.39 is 35.8 Å². The smallest absolute Gasteiger partial charge is 0.326 e. The normalized spacial score (nSPS) is 14.9. The van der Waals surface area contributed by atoms with Gasteiger partial charge in [-0.05, 0) is 12.5 Å². The molecule has 0 bridgehead atoms. The van der Waals surface area contributed by atoms with Gasteiger partial charge in [-0.2, -0.15) is 0 Å². The van der Waals surface area contributed by atoms with E-state index in [1.807, 2.05) is 0 Å². The number of amides is 2. The highest BCUT2D eigenvalue weighted by Crippen LogP contribution is 2.17. The Morgan fingerprint density at radius 3 is 2.30 bits per heavy atom. The number of aliphatic carboxylic acids is 1. The average molecular weight is 279 g/mol. The summed E-state index contributed by atoms with van der Waals surface area (Å²) in [5, 5.41) is 11.2. The van der Waals surface area contributed by atoms with Crippen molar-refractivity contribution in [3.8, 4) is 0 Å². The Hall–Kier alpha value is -2.41. The second-order valence-electron chi connectivity index (χ2n) is 4.60. The van der Waals surface area contributed by atoms with Crippen LogP contribution in [-0.4, -0.2) is 28.9 Å². The zero-order valence-electron chi connectivity index (χ0n) is 11.0. The predicted octanol–water partition coefficient (Wildman–Crippen LogP) is -0.695. The fourth-order valence-electron chi connectivity index (χ4n) is 1.62. The Labute approximate surface area is 115 Å². The third-order valence-electron chi connectivity index (χ3n) is 2.85. The molecular formula is C13H17N3O4. The fourth-order valence-corrected chi connectivity index (χ4v) is 1.62. The third kappa shape index (κ3) is 3.79. The van der Waals surface area contributed by atoms with Crippen LogP contribution in [0.1, 0.15) is 18.9 Å². The van der Waals surface area contributed by atoms with Crippen LogP contribution < -0.4 is 16.8 Å². The highest BCUT2D eigenvalue weighted by molar-refractivity contribution is 5.92. The van der Waals surface area contributed by atoms with E-state index in [-0.39, 0.29) is 0 Å². The van der Waals surface area contributed by atoms with Gasteiger partial charge in [0.05, 0.1) is 6.42 Å². The van der Waals surface area contributed by atoms with Crippen molar-refractivity contribution in [2.75, 3.05) is 0 Å². The molecule has 0 aromatic heterocycles. The van der Waals surface area contributed by atoms with Crippen LogP contribution in [0.4, 0.5) is 0 Å². The summed E-state index contributed by atoms with van der Waals surface area (Å²) in [6.45, 7) is 1.46. The number of hydrogen-bond donors (Lipinski definition) is 4. The predicted molar refractivity (Wildman–Crippen MR) is 71.4 cm³/mol. The second-order valence-corrected chi connectivity index (χ2v) is 4.60. The summed E-state index contributed by atoms with van der Waals surface area (Å²) in [6.07, 6.45) is -0.494. The monoisotopic (exact) mass is 279 g/mol. The van der Waals surface area contributed by atoms with E-state index in [4.69, 9.17) is 16.6 Å². The minimum Gasteiger partial charge on any atom is -0.480 e. The Kier molecular flexibility index (Phi) is 4.82. The van der Waals surface area contributed by atoms with Crippen molar-refractivity contribution >= 4 is 17.8 Å². The molecule has 1 rings (SSSR count). The average Bonchev–Trinajstić information content (AvgIpc) is 2.38. The molecule has 0 heterocycles. The number of benzene rings is 1. The molecule has 6 N–H and O–H groups in total. The molecular weight excluding hydrogens is 262 g/mol. The molecule has 2 amide bonds. The summed E-state index contributed by atoms with van der Waals surface area (Å²) in [4.78, 5) is 33.9. The molecule has 0 aliphatic rings. The number of rotatable bonds is 6. The number of nitrogens with one attached hydrogen (secondary N) is 1. The van der Waals surface area contributed by atoms with Crippen molar-refractivity contribution in [1.29, 1.82) is 0 Å². The molecule has 0 aliphatic carbocycles. The van der Waals surface area contributed by atoms with Gasteiger partial charge in [0.25, 0.3) is 0 Å². The van der Waals surface area contributed by atoms with Gasteiger partial charge in [0.2, 0.25) is 11.8 Å². The summed E-state index contributed by atoms with van der Waals surface area (Å²) in [5.41, 5.74) is 10.0. The van der Waals surface area contributed by atoms with E-state index in [2.05, 4.69) is 5.32 Å². The van der Waals surface area contributed by atoms with Crippen LogP contribution in [0.3, 0.4) is 0 Å². The van der Waals surface area contributed by atoms with E-state index >= 15 is 0 Å². The highest BCUT2D eigenvalue weighted by atomic mass is 16.4. The van der Waals surface area contributed by atoms with Crippen molar-refractivity contribution in [3.05, 3.63) is 35.9 Å². The highest BCUT2D eigenvalue weighted by Gasteiger charge is 2.33. The van der Waals surface area contributed by atoms with E-state index in [1.54, 1.807) is 30.3 Å². The number of primary amides is 1. The van der Waals surface area contributed by atoms with Gasteiger partial charge in [-0.3, -0.25) is 9.59 Å². The third-order valence-corrected chi connectivity index (χ3v) is 2.85. The molecule has 1 unspecified atom stereocenters. The van der Waals surface area contributed by atoms with E-state index in [0.717, 1.165) is 0 Å². The first kappa shape index (κ1) is 15.6. The van der Waals surface area contributed by atoms with Crippen LogP contribution >= 0.6 is 0 Å². The largest absolute Gasteiger partial charge is 0.480 e. The van der Waals surface area contributed by atoms with Gasteiger partial charge in [0.15, 0.2) is 0 Å². The minimum absolute atomic E-state index is 0.494. The van der Waals surface area contributed by atoms with Crippen LogP contribution in [0.25, 0.3) is 0 Å². The number of nitrogens with two attached hydrogens (primary N) is 2. The van der Waals surface area contributed by atoms with Crippen molar-refractivity contribution < 1.29 is 19.5 Å². The Balaban J connectivity index is 2.88. The van der Waals surface area contributed by atoms with Gasteiger partial charge in [0, 0.05) is 0 Å². The maximum atomic E-state index is 12.1. The van der Waals surface area contributed by atoms with Crippen LogP contribution in [0, 0.1) is 0 Å². The molecule has 108 valence electrons.